The Bertz CT molecular complexity index is 815. The molecule has 0 amide bonds. The largest absolute Gasteiger partial charge is 0.314 e. The molecule has 1 atom stereocenters. The molecule has 0 saturated carbocycles. The van der Waals surface area contributed by atoms with Gasteiger partial charge in [0.15, 0.2) is 0 Å². The number of nitrogens with zero attached hydrogens (tertiary/aromatic N) is 5. The normalized spacial score (nSPS) is 18.4. The van der Waals surface area contributed by atoms with E-state index in [2.05, 4.69) is 56.5 Å². The van der Waals surface area contributed by atoms with Gasteiger partial charge in [-0.05, 0) is 35.7 Å². The van der Waals surface area contributed by atoms with Gasteiger partial charge in [-0.3, -0.25) is 9.88 Å². The Labute approximate surface area is 147 Å². The second-order valence-corrected chi connectivity index (χ2v) is 6.44. The molecule has 1 aromatic carbocycles. The van der Waals surface area contributed by atoms with Gasteiger partial charge in [0.05, 0.1) is 5.69 Å². The Kier molecular flexibility index (Phi) is 4.54. The van der Waals surface area contributed by atoms with E-state index in [0.717, 1.165) is 31.9 Å². The Balaban J connectivity index is 1.55. The van der Waals surface area contributed by atoms with Crippen molar-refractivity contribution in [1.29, 1.82) is 0 Å². The molecule has 4 rings (SSSR count). The lowest BCUT2D eigenvalue weighted by Crippen LogP contribution is -2.45. The Morgan fingerprint density at radius 2 is 2.20 bits per heavy atom. The quantitative estimate of drug-likeness (QED) is 0.792. The second kappa shape index (κ2) is 7.13. The van der Waals surface area contributed by atoms with Crippen molar-refractivity contribution < 1.29 is 0 Å². The van der Waals surface area contributed by atoms with Crippen LogP contribution >= 0.6 is 0 Å². The molecule has 6 heteroatoms. The SMILES string of the molecule is Cc1cc(CN2CCNCC2c2cccnc2)ccc1-n1cncn1. The summed E-state index contributed by atoms with van der Waals surface area (Å²) >= 11 is 0. The van der Waals surface area contributed by atoms with Crippen LogP contribution in [0.3, 0.4) is 0 Å². The summed E-state index contributed by atoms with van der Waals surface area (Å²) in [5.74, 6) is 0. The van der Waals surface area contributed by atoms with Crippen molar-refractivity contribution in [2.24, 2.45) is 0 Å². The molecule has 0 radical (unpaired) electrons. The fourth-order valence-electron chi connectivity index (χ4n) is 3.48. The van der Waals surface area contributed by atoms with Gasteiger partial charge in [-0.25, -0.2) is 9.67 Å². The number of hydrogen-bond donors (Lipinski definition) is 1. The van der Waals surface area contributed by atoms with Crippen LogP contribution in [0.25, 0.3) is 5.69 Å². The first-order chi connectivity index (χ1) is 12.3. The number of aromatic nitrogens is 4. The minimum Gasteiger partial charge on any atom is -0.314 e. The molecule has 2 aromatic heterocycles. The van der Waals surface area contributed by atoms with Crippen molar-refractivity contribution in [1.82, 2.24) is 30.0 Å². The van der Waals surface area contributed by atoms with Gasteiger partial charge < -0.3 is 5.32 Å². The zero-order chi connectivity index (χ0) is 17.1. The molecule has 1 fully saturated rings. The summed E-state index contributed by atoms with van der Waals surface area (Å²) in [5.41, 5.74) is 4.87. The van der Waals surface area contributed by atoms with Crippen LogP contribution < -0.4 is 5.32 Å². The van der Waals surface area contributed by atoms with Crippen LogP contribution in [0.5, 0.6) is 0 Å². The minimum absolute atomic E-state index is 0.359. The van der Waals surface area contributed by atoms with E-state index in [0.29, 0.717) is 6.04 Å². The van der Waals surface area contributed by atoms with E-state index in [9.17, 15) is 0 Å². The average Bonchev–Trinajstić information content (AvgIpc) is 3.17. The number of aryl methyl sites for hydroxylation is 1. The van der Waals surface area contributed by atoms with Gasteiger partial charge in [0.1, 0.15) is 12.7 Å². The standard InChI is InChI=1S/C19H22N6/c1-15-9-16(4-5-18(15)25-14-22-13-23-25)12-24-8-7-21-11-19(24)17-3-2-6-20-10-17/h2-6,9-10,13-14,19,21H,7-8,11-12H2,1H3. The maximum atomic E-state index is 4.29. The van der Waals surface area contributed by atoms with E-state index in [1.165, 1.54) is 16.7 Å². The van der Waals surface area contributed by atoms with E-state index in [1.807, 2.05) is 23.1 Å². The molecule has 0 bridgehead atoms. The van der Waals surface area contributed by atoms with Crippen molar-refractivity contribution in [3.8, 4) is 5.69 Å². The molecule has 1 unspecified atom stereocenters. The lowest BCUT2D eigenvalue weighted by Gasteiger charge is -2.36. The smallest absolute Gasteiger partial charge is 0.138 e. The maximum absolute atomic E-state index is 4.29. The van der Waals surface area contributed by atoms with Crippen LogP contribution in [-0.2, 0) is 6.54 Å². The molecule has 1 N–H and O–H groups in total. The van der Waals surface area contributed by atoms with Crippen LogP contribution in [0.2, 0.25) is 0 Å². The van der Waals surface area contributed by atoms with Crippen LogP contribution in [0.4, 0.5) is 0 Å². The first kappa shape index (κ1) is 15.9. The molecule has 1 aliphatic heterocycles. The highest BCUT2D eigenvalue weighted by Gasteiger charge is 2.24. The first-order valence-electron chi connectivity index (χ1n) is 8.60. The molecule has 6 nitrogen and oxygen atoms in total. The lowest BCUT2D eigenvalue weighted by atomic mass is 10.0. The van der Waals surface area contributed by atoms with Gasteiger partial charge >= 0.3 is 0 Å². The monoisotopic (exact) mass is 334 g/mol. The Morgan fingerprint density at radius 3 is 2.96 bits per heavy atom. The number of hydrogen-bond acceptors (Lipinski definition) is 5. The molecule has 1 saturated heterocycles. The fraction of sp³-hybridized carbons (Fsp3) is 0.316. The first-order valence-corrected chi connectivity index (χ1v) is 8.60. The van der Waals surface area contributed by atoms with Crippen LogP contribution in [0.15, 0.2) is 55.4 Å². The van der Waals surface area contributed by atoms with E-state index in [-0.39, 0.29) is 0 Å². The molecule has 25 heavy (non-hydrogen) atoms. The summed E-state index contributed by atoms with van der Waals surface area (Å²) in [6, 6.07) is 11.1. The summed E-state index contributed by atoms with van der Waals surface area (Å²) in [6.07, 6.45) is 7.10. The summed E-state index contributed by atoms with van der Waals surface area (Å²) in [7, 11) is 0. The van der Waals surface area contributed by atoms with E-state index in [4.69, 9.17) is 0 Å². The minimum atomic E-state index is 0.359. The topological polar surface area (TPSA) is 58.9 Å². The summed E-state index contributed by atoms with van der Waals surface area (Å²) < 4.78 is 1.81. The summed E-state index contributed by atoms with van der Waals surface area (Å²) in [5, 5.41) is 7.72. The molecule has 3 heterocycles. The molecule has 0 spiro atoms. The van der Waals surface area contributed by atoms with Gasteiger partial charge in [0, 0.05) is 44.6 Å². The third-order valence-electron chi connectivity index (χ3n) is 4.74. The van der Waals surface area contributed by atoms with Crippen LogP contribution in [0.1, 0.15) is 22.7 Å². The zero-order valence-electron chi connectivity index (χ0n) is 14.3. The molecule has 0 aliphatic carbocycles. The van der Waals surface area contributed by atoms with E-state index in [1.54, 1.807) is 12.7 Å². The van der Waals surface area contributed by atoms with Gasteiger partial charge in [-0.1, -0.05) is 18.2 Å². The van der Waals surface area contributed by atoms with Crippen molar-refractivity contribution in [2.45, 2.75) is 19.5 Å². The number of rotatable bonds is 4. The molecule has 3 aromatic rings. The van der Waals surface area contributed by atoms with Crippen LogP contribution in [0, 0.1) is 6.92 Å². The molecule has 128 valence electrons. The van der Waals surface area contributed by atoms with Crippen LogP contribution in [-0.4, -0.2) is 44.3 Å². The van der Waals surface area contributed by atoms with E-state index < -0.39 is 0 Å². The highest BCUT2D eigenvalue weighted by Crippen LogP contribution is 2.24. The molecular weight excluding hydrogens is 312 g/mol. The van der Waals surface area contributed by atoms with Crippen molar-refractivity contribution in [2.75, 3.05) is 19.6 Å². The molecular formula is C19H22N6. The highest BCUT2D eigenvalue weighted by molar-refractivity contribution is 5.41. The Morgan fingerprint density at radius 1 is 1.24 bits per heavy atom. The number of benzene rings is 1. The Hall–Kier alpha value is -2.57. The third-order valence-corrected chi connectivity index (χ3v) is 4.74. The van der Waals surface area contributed by atoms with Gasteiger partial charge in [0.25, 0.3) is 0 Å². The van der Waals surface area contributed by atoms with Gasteiger partial charge in [-0.15, -0.1) is 0 Å². The van der Waals surface area contributed by atoms with E-state index >= 15 is 0 Å². The summed E-state index contributed by atoms with van der Waals surface area (Å²) in [6.45, 7) is 6.06. The number of piperazine rings is 1. The van der Waals surface area contributed by atoms with Crippen molar-refractivity contribution in [3.63, 3.8) is 0 Å². The van der Waals surface area contributed by atoms with Gasteiger partial charge in [0.2, 0.25) is 0 Å². The van der Waals surface area contributed by atoms with Crippen molar-refractivity contribution >= 4 is 0 Å². The molecule has 1 aliphatic rings. The third kappa shape index (κ3) is 3.45. The number of pyridine rings is 1. The second-order valence-electron chi connectivity index (χ2n) is 6.44. The maximum Gasteiger partial charge on any atom is 0.138 e. The predicted octanol–water partition coefficient (Wildman–Crippen LogP) is 2.12. The lowest BCUT2D eigenvalue weighted by molar-refractivity contribution is 0.153. The summed E-state index contributed by atoms with van der Waals surface area (Å²) in [4.78, 5) is 10.8. The van der Waals surface area contributed by atoms with Crippen molar-refractivity contribution in [3.05, 3.63) is 72.1 Å². The highest BCUT2D eigenvalue weighted by atomic mass is 15.3. The fourth-order valence-corrected chi connectivity index (χ4v) is 3.48. The zero-order valence-corrected chi connectivity index (χ0v) is 14.3. The predicted molar refractivity (Wildman–Crippen MR) is 96.4 cm³/mol. The number of nitrogens with one attached hydrogen (secondary N) is 1. The van der Waals surface area contributed by atoms with Gasteiger partial charge in [-0.2, -0.15) is 5.10 Å². The average molecular weight is 334 g/mol.